The number of amides is 1. The summed E-state index contributed by atoms with van der Waals surface area (Å²) in [6.07, 6.45) is 1.32. The zero-order chi connectivity index (χ0) is 17.6. The van der Waals surface area contributed by atoms with E-state index >= 15 is 0 Å². The number of carbonyl (C=O) groups is 1. The maximum atomic E-state index is 12.3. The molecule has 0 aliphatic rings. The average Bonchev–Trinajstić information content (AvgIpc) is 3.03. The molecule has 2 heterocycles. The number of thiophene rings is 1. The number of H-pyrrole nitrogens is 1. The van der Waals surface area contributed by atoms with Crippen LogP contribution in [0.25, 0.3) is 0 Å². The van der Waals surface area contributed by atoms with Crippen LogP contribution in [0.4, 0.5) is 5.69 Å². The molecule has 3 N–H and O–H groups in total. The maximum Gasteiger partial charge on any atom is 0.251 e. The number of nitrogens with zero attached hydrogens (tertiary/aromatic N) is 1. The molecule has 25 heavy (non-hydrogen) atoms. The van der Waals surface area contributed by atoms with Crippen molar-refractivity contribution in [1.29, 1.82) is 0 Å². The van der Waals surface area contributed by atoms with Gasteiger partial charge in [-0.3, -0.25) is 9.59 Å². The standard InChI is InChI=1S/C18H18N4O2S/c1-12-5-6-25-16(12)10-19-14-4-2-3-13(7-14)18(24)20-9-15-8-17(23)22-11-21-15/h2-8,11,19H,9-10H2,1H3,(H,20,24)(H,21,22,23). The van der Waals surface area contributed by atoms with Gasteiger partial charge in [0.05, 0.1) is 18.6 Å². The van der Waals surface area contributed by atoms with Crippen molar-refractivity contribution in [2.24, 2.45) is 0 Å². The molecule has 3 rings (SSSR count). The van der Waals surface area contributed by atoms with Gasteiger partial charge in [0.2, 0.25) is 0 Å². The smallest absolute Gasteiger partial charge is 0.251 e. The van der Waals surface area contributed by atoms with Crippen LogP contribution in [0.5, 0.6) is 0 Å². The quantitative estimate of drug-likeness (QED) is 0.635. The topological polar surface area (TPSA) is 86.9 Å². The zero-order valence-corrected chi connectivity index (χ0v) is 14.5. The molecule has 0 spiro atoms. The molecule has 1 amide bonds. The van der Waals surface area contributed by atoms with Gasteiger partial charge in [0.15, 0.2) is 0 Å². The summed E-state index contributed by atoms with van der Waals surface area (Å²) in [6, 6.07) is 10.8. The predicted octanol–water partition coefficient (Wildman–Crippen LogP) is 2.68. The van der Waals surface area contributed by atoms with Crippen molar-refractivity contribution in [3.63, 3.8) is 0 Å². The lowest BCUT2D eigenvalue weighted by atomic mass is 10.2. The van der Waals surface area contributed by atoms with E-state index in [-0.39, 0.29) is 18.0 Å². The van der Waals surface area contributed by atoms with E-state index in [4.69, 9.17) is 0 Å². The number of carbonyl (C=O) groups excluding carboxylic acids is 1. The van der Waals surface area contributed by atoms with E-state index in [2.05, 4.69) is 39.0 Å². The third kappa shape index (κ3) is 4.54. The van der Waals surface area contributed by atoms with Gasteiger partial charge in [0.25, 0.3) is 11.5 Å². The lowest BCUT2D eigenvalue weighted by molar-refractivity contribution is 0.0950. The molecule has 0 bridgehead atoms. The predicted molar refractivity (Wildman–Crippen MR) is 98.9 cm³/mol. The zero-order valence-electron chi connectivity index (χ0n) is 13.7. The Labute approximate surface area is 149 Å². The van der Waals surface area contributed by atoms with Crippen molar-refractivity contribution in [2.45, 2.75) is 20.0 Å². The minimum atomic E-state index is -0.241. The maximum absolute atomic E-state index is 12.3. The molecule has 0 unspecified atom stereocenters. The second-order valence-electron chi connectivity index (χ2n) is 5.55. The molecule has 0 fully saturated rings. The minimum absolute atomic E-state index is 0.203. The Morgan fingerprint density at radius 1 is 1.24 bits per heavy atom. The molecule has 0 radical (unpaired) electrons. The summed E-state index contributed by atoms with van der Waals surface area (Å²) in [7, 11) is 0. The summed E-state index contributed by atoms with van der Waals surface area (Å²) in [5.41, 5.74) is 2.97. The van der Waals surface area contributed by atoms with Crippen LogP contribution in [-0.2, 0) is 13.1 Å². The van der Waals surface area contributed by atoms with Gasteiger partial charge in [-0.25, -0.2) is 4.98 Å². The molecule has 128 valence electrons. The Kier molecular flexibility index (Phi) is 5.25. The Morgan fingerprint density at radius 3 is 2.88 bits per heavy atom. The molecule has 6 nitrogen and oxygen atoms in total. The monoisotopic (exact) mass is 354 g/mol. The van der Waals surface area contributed by atoms with Crippen molar-refractivity contribution in [1.82, 2.24) is 15.3 Å². The fourth-order valence-corrected chi connectivity index (χ4v) is 3.16. The Hall–Kier alpha value is -2.93. The summed E-state index contributed by atoms with van der Waals surface area (Å²) in [4.78, 5) is 31.2. The number of aromatic nitrogens is 2. The fraction of sp³-hybridized carbons (Fsp3) is 0.167. The van der Waals surface area contributed by atoms with Crippen LogP contribution in [0.3, 0.4) is 0 Å². The van der Waals surface area contributed by atoms with Crippen LogP contribution in [0.15, 0.2) is 52.9 Å². The summed E-state index contributed by atoms with van der Waals surface area (Å²) in [5.74, 6) is -0.210. The SMILES string of the molecule is Cc1ccsc1CNc1cccc(C(=O)NCc2cc(=O)[nH]cn2)c1. The molecular formula is C18H18N4O2S. The number of hydrogen-bond acceptors (Lipinski definition) is 5. The fourth-order valence-electron chi connectivity index (χ4n) is 2.32. The highest BCUT2D eigenvalue weighted by Gasteiger charge is 2.07. The van der Waals surface area contributed by atoms with Gasteiger partial charge < -0.3 is 15.6 Å². The molecule has 3 aromatic rings. The molecule has 2 aromatic heterocycles. The first-order valence-corrected chi connectivity index (χ1v) is 8.68. The molecule has 0 saturated carbocycles. The summed E-state index contributed by atoms with van der Waals surface area (Å²) in [5, 5.41) is 8.17. The van der Waals surface area contributed by atoms with Crippen LogP contribution in [0.2, 0.25) is 0 Å². The van der Waals surface area contributed by atoms with E-state index in [1.54, 1.807) is 17.4 Å². The lowest BCUT2D eigenvalue weighted by Crippen LogP contribution is -2.24. The molecule has 1 aromatic carbocycles. The highest BCUT2D eigenvalue weighted by Crippen LogP contribution is 2.18. The number of hydrogen-bond donors (Lipinski definition) is 3. The first-order valence-electron chi connectivity index (χ1n) is 7.80. The normalized spacial score (nSPS) is 10.4. The van der Waals surface area contributed by atoms with Gasteiger partial charge in [-0.2, -0.15) is 0 Å². The number of anilines is 1. The van der Waals surface area contributed by atoms with Gasteiger partial charge in [-0.05, 0) is 42.1 Å². The number of benzene rings is 1. The summed E-state index contributed by atoms with van der Waals surface area (Å²) < 4.78 is 0. The van der Waals surface area contributed by atoms with Crippen molar-refractivity contribution in [2.75, 3.05) is 5.32 Å². The van der Waals surface area contributed by atoms with Crippen LogP contribution in [-0.4, -0.2) is 15.9 Å². The largest absolute Gasteiger partial charge is 0.380 e. The number of aryl methyl sites for hydroxylation is 1. The van der Waals surface area contributed by atoms with Crippen LogP contribution >= 0.6 is 11.3 Å². The van der Waals surface area contributed by atoms with E-state index in [1.807, 2.05) is 18.2 Å². The first kappa shape index (κ1) is 16.9. The number of nitrogens with one attached hydrogen (secondary N) is 3. The summed E-state index contributed by atoms with van der Waals surface area (Å²) in [6.45, 7) is 3.01. The van der Waals surface area contributed by atoms with Crippen LogP contribution < -0.4 is 16.2 Å². The minimum Gasteiger partial charge on any atom is -0.380 e. The second-order valence-corrected chi connectivity index (χ2v) is 6.55. The summed E-state index contributed by atoms with van der Waals surface area (Å²) >= 11 is 1.71. The third-order valence-electron chi connectivity index (χ3n) is 3.71. The van der Waals surface area contributed by atoms with E-state index < -0.39 is 0 Å². The third-order valence-corrected chi connectivity index (χ3v) is 4.73. The van der Waals surface area contributed by atoms with Gasteiger partial charge in [-0.15, -0.1) is 11.3 Å². The molecular weight excluding hydrogens is 336 g/mol. The molecule has 0 saturated heterocycles. The second kappa shape index (κ2) is 7.76. The van der Waals surface area contributed by atoms with Gasteiger partial charge >= 0.3 is 0 Å². The Bertz CT molecular complexity index is 932. The average molecular weight is 354 g/mol. The van der Waals surface area contributed by atoms with Gasteiger partial charge in [-0.1, -0.05) is 6.07 Å². The van der Waals surface area contributed by atoms with E-state index in [1.165, 1.54) is 22.8 Å². The Morgan fingerprint density at radius 2 is 2.12 bits per heavy atom. The molecule has 0 atom stereocenters. The van der Waals surface area contributed by atoms with Crippen molar-refractivity contribution in [3.05, 3.63) is 80.2 Å². The molecule has 0 aliphatic heterocycles. The van der Waals surface area contributed by atoms with Gasteiger partial charge in [0, 0.05) is 28.7 Å². The van der Waals surface area contributed by atoms with Crippen molar-refractivity contribution >= 4 is 22.9 Å². The van der Waals surface area contributed by atoms with Crippen LogP contribution in [0.1, 0.15) is 26.5 Å². The first-order chi connectivity index (χ1) is 12.1. The highest BCUT2D eigenvalue weighted by atomic mass is 32.1. The Balaban J connectivity index is 1.61. The van der Waals surface area contributed by atoms with E-state index in [9.17, 15) is 9.59 Å². The van der Waals surface area contributed by atoms with E-state index in [0.717, 1.165) is 12.2 Å². The highest BCUT2D eigenvalue weighted by molar-refractivity contribution is 7.10. The number of aromatic amines is 1. The molecule has 0 aliphatic carbocycles. The number of rotatable bonds is 6. The lowest BCUT2D eigenvalue weighted by Gasteiger charge is -2.09. The van der Waals surface area contributed by atoms with Crippen molar-refractivity contribution < 1.29 is 4.79 Å². The van der Waals surface area contributed by atoms with E-state index in [0.29, 0.717) is 11.3 Å². The van der Waals surface area contributed by atoms with Crippen LogP contribution in [0, 0.1) is 6.92 Å². The molecule has 7 heteroatoms. The van der Waals surface area contributed by atoms with Gasteiger partial charge in [0.1, 0.15) is 0 Å². The van der Waals surface area contributed by atoms with Crippen molar-refractivity contribution in [3.8, 4) is 0 Å².